The maximum absolute atomic E-state index is 12.2. The SMILES string of the molecule is O=C(CN1CCCCCCC1=O)Nc1ncn(Cc2ccc(Br)cc2)n1. The lowest BCUT2D eigenvalue weighted by molar-refractivity contribution is -0.135. The third-order valence-corrected chi connectivity index (χ3v) is 4.83. The number of rotatable bonds is 5. The van der Waals surface area contributed by atoms with Crippen molar-refractivity contribution in [2.75, 3.05) is 18.4 Å². The zero-order valence-corrected chi connectivity index (χ0v) is 16.1. The molecular weight excluding hydrogens is 398 g/mol. The second-order valence-corrected chi connectivity index (χ2v) is 7.34. The highest BCUT2D eigenvalue weighted by Gasteiger charge is 2.19. The second kappa shape index (κ2) is 8.93. The third-order valence-electron chi connectivity index (χ3n) is 4.30. The number of nitrogens with zero attached hydrogens (tertiary/aromatic N) is 4. The van der Waals surface area contributed by atoms with Crippen molar-refractivity contribution in [3.63, 3.8) is 0 Å². The van der Waals surface area contributed by atoms with E-state index in [1.165, 1.54) is 0 Å². The Kier molecular flexibility index (Phi) is 6.38. The first-order chi connectivity index (χ1) is 12.6. The van der Waals surface area contributed by atoms with Crippen molar-refractivity contribution in [2.45, 2.75) is 38.6 Å². The summed E-state index contributed by atoms with van der Waals surface area (Å²) in [6.07, 6.45) is 6.14. The van der Waals surface area contributed by atoms with Crippen LogP contribution in [0.2, 0.25) is 0 Å². The number of hydrogen-bond donors (Lipinski definition) is 1. The Hall–Kier alpha value is -2.22. The summed E-state index contributed by atoms with van der Waals surface area (Å²) in [6, 6.07) is 7.93. The van der Waals surface area contributed by atoms with Gasteiger partial charge in [0.15, 0.2) is 0 Å². The van der Waals surface area contributed by atoms with Crippen LogP contribution in [0.1, 0.15) is 37.7 Å². The minimum Gasteiger partial charge on any atom is -0.333 e. The van der Waals surface area contributed by atoms with Crippen LogP contribution in [0.3, 0.4) is 0 Å². The maximum Gasteiger partial charge on any atom is 0.248 e. The van der Waals surface area contributed by atoms with Crippen molar-refractivity contribution >= 4 is 33.7 Å². The van der Waals surface area contributed by atoms with E-state index in [9.17, 15) is 9.59 Å². The molecule has 0 saturated carbocycles. The Labute approximate surface area is 160 Å². The standard InChI is InChI=1S/C18H22BrN5O2/c19-15-8-6-14(7-9-15)11-24-13-20-18(22-24)21-16(25)12-23-10-4-2-1-3-5-17(23)26/h6-9,13H,1-5,10-12H2,(H,21,22,25). The molecule has 0 bridgehead atoms. The number of halogens is 1. The van der Waals surface area contributed by atoms with Gasteiger partial charge < -0.3 is 4.90 Å². The van der Waals surface area contributed by atoms with Crippen molar-refractivity contribution in [2.24, 2.45) is 0 Å². The first-order valence-corrected chi connectivity index (χ1v) is 9.61. The molecule has 1 aliphatic rings. The van der Waals surface area contributed by atoms with E-state index in [1.807, 2.05) is 24.3 Å². The fraction of sp³-hybridized carbons (Fsp3) is 0.444. The number of benzene rings is 1. The van der Waals surface area contributed by atoms with Crippen molar-refractivity contribution in [3.8, 4) is 0 Å². The molecule has 0 aliphatic carbocycles. The number of anilines is 1. The molecule has 3 rings (SSSR count). The average Bonchev–Trinajstić information content (AvgIpc) is 3.03. The van der Waals surface area contributed by atoms with Crippen LogP contribution in [0, 0.1) is 0 Å². The third kappa shape index (κ3) is 5.39. The van der Waals surface area contributed by atoms with Gasteiger partial charge in [-0.15, -0.1) is 5.10 Å². The van der Waals surface area contributed by atoms with Gasteiger partial charge in [-0.05, 0) is 30.5 Å². The van der Waals surface area contributed by atoms with Crippen LogP contribution < -0.4 is 5.32 Å². The Morgan fingerprint density at radius 3 is 2.73 bits per heavy atom. The number of likely N-dealkylation sites (tertiary alicyclic amines) is 1. The molecule has 1 saturated heterocycles. The van der Waals surface area contributed by atoms with Crippen LogP contribution in [0.4, 0.5) is 5.95 Å². The van der Waals surface area contributed by atoms with E-state index in [4.69, 9.17) is 0 Å². The maximum atomic E-state index is 12.2. The summed E-state index contributed by atoms with van der Waals surface area (Å²) < 4.78 is 2.69. The van der Waals surface area contributed by atoms with E-state index in [0.29, 0.717) is 19.5 Å². The van der Waals surface area contributed by atoms with E-state index < -0.39 is 0 Å². The van der Waals surface area contributed by atoms with Crippen LogP contribution in [0.5, 0.6) is 0 Å². The van der Waals surface area contributed by atoms with Gasteiger partial charge in [-0.3, -0.25) is 14.9 Å². The molecule has 2 amide bonds. The van der Waals surface area contributed by atoms with Crippen molar-refractivity contribution in [1.82, 2.24) is 19.7 Å². The molecule has 0 spiro atoms. The van der Waals surface area contributed by atoms with Gasteiger partial charge >= 0.3 is 0 Å². The van der Waals surface area contributed by atoms with Gasteiger partial charge in [-0.2, -0.15) is 0 Å². The molecule has 2 aromatic rings. The van der Waals surface area contributed by atoms with E-state index in [1.54, 1.807) is 15.9 Å². The number of nitrogens with one attached hydrogen (secondary N) is 1. The molecule has 1 aliphatic heterocycles. The molecule has 1 aromatic heterocycles. The second-order valence-electron chi connectivity index (χ2n) is 6.42. The summed E-state index contributed by atoms with van der Waals surface area (Å²) in [4.78, 5) is 30.1. The molecule has 0 unspecified atom stereocenters. The topological polar surface area (TPSA) is 80.1 Å². The van der Waals surface area contributed by atoms with Crippen LogP contribution in [0.15, 0.2) is 35.1 Å². The lowest BCUT2D eigenvalue weighted by Crippen LogP contribution is -2.39. The highest BCUT2D eigenvalue weighted by Crippen LogP contribution is 2.13. The molecule has 7 nitrogen and oxygen atoms in total. The molecule has 1 aromatic carbocycles. The lowest BCUT2D eigenvalue weighted by Gasteiger charge is -2.23. The number of carbonyl (C=O) groups excluding carboxylic acids is 2. The summed E-state index contributed by atoms with van der Waals surface area (Å²) >= 11 is 3.41. The Balaban J connectivity index is 1.53. The Bertz CT molecular complexity index is 759. The van der Waals surface area contributed by atoms with E-state index in [0.717, 1.165) is 35.7 Å². The highest BCUT2D eigenvalue weighted by atomic mass is 79.9. The van der Waals surface area contributed by atoms with E-state index in [-0.39, 0.29) is 24.3 Å². The fourth-order valence-corrected chi connectivity index (χ4v) is 3.19. The summed E-state index contributed by atoms with van der Waals surface area (Å²) in [5.74, 6) is 0.0421. The van der Waals surface area contributed by atoms with Crippen molar-refractivity contribution < 1.29 is 9.59 Å². The summed E-state index contributed by atoms with van der Waals surface area (Å²) in [6.45, 7) is 1.26. The van der Waals surface area contributed by atoms with Gasteiger partial charge in [0.25, 0.3) is 0 Å². The lowest BCUT2D eigenvalue weighted by atomic mass is 10.1. The molecule has 1 N–H and O–H groups in total. The number of carbonyl (C=O) groups is 2. The molecule has 0 radical (unpaired) electrons. The monoisotopic (exact) mass is 419 g/mol. The van der Waals surface area contributed by atoms with Crippen LogP contribution in [-0.2, 0) is 16.1 Å². The molecule has 0 atom stereocenters. The Morgan fingerprint density at radius 2 is 1.92 bits per heavy atom. The van der Waals surface area contributed by atoms with Gasteiger partial charge in [-0.1, -0.05) is 40.9 Å². The minimum absolute atomic E-state index is 0.0496. The highest BCUT2D eigenvalue weighted by molar-refractivity contribution is 9.10. The predicted molar refractivity (Wildman–Crippen MR) is 102 cm³/mol. The van der Waals surface area contributed by atoms with Gasteiger partial charge in [0, 0.05) is 17.4 Å². The zero-order valence-electron chi connectivity index (χ0n) is 14.5. The molecular formula is C18H22BrN5O2. The Morgan fingerprint density at radius 1 is 1.15 bits per heavy atom. The smallest absolute Gasteiger partial charge is 0.248 e. The van der Waals surface area contributed by atoms with Crippen LogP contribution >= 0.6 is 15.9 Å². The van der Waals surface area contributed by atoms with E-state index >= 15 is 0 Å². The van der Waals surface area contributed by atoms with E-state index in [2.05, 4.69) is 31.3 Å². The number of amides is 2. The van der Waals surface area contributed by atoms with Crippen molar-refractivity contribution in [3.05, 3.63) is 40.6 Å². The normalized spacial score (nSPS) is 15.4. The van der Waals surface area contributed by atoms with Crippen LogP contribution in [0.25, 0.3) is 0 Å². The van der Waals surface area contributed by atoms with Gasteiger partial charge in [0.1, 0.15) is 6.33 Å². The molecule has 1 fully saturated rings. The number of aromatic nitrogens is 3. The first kappa shape index (κ1) is 18.6. The number of hydrogen-bond acceptors (Lipinski definition) is 4. The van der Waals surface area contributed by atoms with Crippen molar-refractivity contribution in [1.29, 1.82) is 0 Å². The summed E-state index contributed by atoms with van der Waals surface area (Å²) in [5.41, 5.74) is 1.09. The molecule has 26 heavy (non-hydrogen) atoms. The minimum atomic E-state index is -0.264. The van der Waals surface area contributed by atoms with Gasteiger partial charge in [0.05, 0.1) is 13.1 Å². The zero-order chi connectivity index (χ0) is 18.4. The summed E-state index contributed by atoms with van der Waals surface area (Å²) in [7, 11) is 0. The van der Waals surface area contributed by atoms with Gasteiger partial charge in [-0.25, -0.2) is 9.67 Å². The summed E-state index contributed by atoms with van der Waals surface area (Å²) in [5, 5.41) is 6.95. The quantitative estimate of drug-likeness (QED) is 0.807. The fourth-order valence-electron chi connectivity index (χ4n) is 2.93. The van der Waals surface area contributed by atoms with Crippen LogP contribution in [-0.4, -0.2) is 44.6 Å². The first-order valence-electron chi connectivity index (χ1n) is 8.82. The molecule has 138 valence electrons. The average molecular weight is 420 g/mol. The predicted octanol–water partition coefficient (Wildman–Crippen LogP) is 2.82. The molecule has 8 heteroatoms. The van der Waals surface area contributed by atoms with Gasteiger partial charge in [0.2, 0.25) is 17.8 Å². The molecule has 2 heterocycles. The largest absolute Gasteiger partial charge is 0.333 e.